The van der Waals surface area contributed by atoms with Gasteiger partial charge in [-0.1, -0.05) is 129 Å². The molecule has 0 aromatic rings. The summed E-state index contributed by atoms with van der Waals surface area (Å²) in [6, 6.07) is 0. The highest BCUT2D eigenvalue weighted by molar-refractivity contribution is 4.59. The molecule has 0 aliphatic heterocycles. The van der Waals surface area contributed by atoms with Gasteiger partial charge in [0.05, 0.1) is 6.10 Å². The van der Waals surface area contributed by atoms with E-state index in [0.717, 1.165) is 6.42 Å². The molecule has 0 N–H and O–H groups in total. The fourth-order valence-electron chi connectivity index (χ4n) is 3.57. The number of rotatable bonds is 21. The van der Waals surface area contributed by atoms with Gasteiger partial charge in [0.1, 0.15) is 0 Å². The molecule has 0 aromatic heterocycles. The van der Waals surface area contributed by atoms with Gasteiger partial charge in [-0.3, -0.25) is 0 Å². The zero-order chi connectivity index (χ0) is 18.4. The van der Waals surface area contributed by atoms with Gasteiger partial charge in [-0.2, -0.15) is 0 Å². The summed E-state index contributed by atoms with van der Waals surface area (Å²) < 4.78 is 5.18. The number of unbranched alkanes of at least 4 members (excludes halogenated alkanes) is 18. The van der Waals surface area contributed by atoms with Crippen molar-refractivity contribution in [3.8, 4) is 0 Å². The van der Waals surface area contributed by atoms with Gasteiger partial charge in [0.2, 0.25) is 0 Å². The lowest BCUT2D eigenvalue weighted by Crippen LogP contribution is -2.04. The van der Waals surface area contributed by atoms with Crippen LogP contribution in [0.15, 0.2) is 0 Å². The maximum Gasteiger partial charge on any atom is 0.0572 e. The summed E-state index contributed by atoms with van der Waals surface area (Å²) in [6.45, 7) is 6.25. The molecule has 0 fully saturated rings. The van der Waals surface area contributed by atoms with Gasteiger partial charge in [0.25, 0.3) is 0 Å². The predicted molar refractivity (Wildman–Crippen MR) is 114 cm³/mol. The molecule has 1 nitrogen and oxygen atoms in total. The van der Waals surface area contributed by atoms with Crippen LogP contribution < -0.4 is 0 Å². The lowest BCUT2D eigenvalue weighted by molar-refractivity contribution is 0.128. The van der Waals surface area contributed by atoms with E-state index in [1.165, 1.54) is 122 Å². The predicted octanol–water partition coefficient (Wildman–Crippen LogP) is 8.66. The monoisotopic (exact) mass is 353 g/mol. The van der Waals surface area contributed by atoms with E-state index in [-0.39, 0.29) is 6.10 Å². The first-order chi connectivity index (χ1) is 12.3. The van der Waals surface area contributed by atoms with Crippen LogP contribution in [0.25, 0.3) is 0 Å². The Morgan fingerprint density at radius 2 is 0.800 bits per heavy atom. The zero-order valence-corrected chi connectivity index (χ0v) is 17.8. The molecule has 1 unspecified atom stereocenters. The summed E-state index contributed by atoms with van der Waals surface area (Å²) in [5, 5.41) is 0. The van der Waals surface area contributed by atoms with Gasteiger partial charge >= 0.3 is 0 Å². The van der Waals surface area contributed by atoms with E-state index < -0.39 is 0 Å². The topological polar surface area (TPSA) is 9.23 Å². The first-order valence-electron chi connectivity index (χ1n) is 11.7. The van der Waals surface area contributed by atoms with E-state index in [0.29, 0.717) is 0 Å². The largest absolute Gasteiger partial charge is 0.381 e. The molecule has 0 aliphatic carbocycles. The third-order valence-corrected chi connectivity index (χ3v) is 5.46. The molecule has 1 heteroatoms. The summed E-state index contributed by atoms with van der Waals surface area (Å²) in [5.41, 5.74) is 0. The molecule has 0 amide bonds. The highest BCUT2D eigenvalue weighted by Crippen LogP contribution is 2.15. The molecule has 1 atom stereocenters. The molecule has 0 heterocycles. The Kier molecular flexibility index (Phi) is 22.0. The molecule has 0 saturated carbocycles. The smallest absolute Gasteiger partial charge is 0.0572 e. The van der Waals surface area contributed by atoms with Crippen molar-refractivity contribution < 1.29 is 4.74 Å². The minimum Gasteiger partial charge on any atom is -0.381 e. The Balaban J connectivity index is 2.98. The summed E-state index contributed by atoms with van der Waals surface area (Å²) in [4.78, 5) is 0. The highest BCUT2D eigenvalue weighted by atomic mass is 16.5. The van der Waals surface area contributed by atoms with Crippen molar-refractivity contribution in [2.24, 2.45) is 0 Å². The average molecular weight is 354 g/mol. The lowest BCUT2D eigenvalue weighted by Gasteiger charge is -2.08. The van der Waals surface area contributed by atoms with Crippen LogP contribution in [-0.2, 0) is 4.74 Å². The standard InChI is InChI=1S/C24H49O/c1-4-5-6-7-8-9-10-11-12-13-14-15-16-17-18-19-20-21-22-23-24(2)25-3/h24H,2,4-23H2,1,3H3. The third kappa shape index (κ3) is 21.9. The first kappa shape index (κ1) is 25.0. The van der Waals surface area contributed by atoms with E-state index in [4.69, 9.17) is 4.74 Å². The molecule has 25 heavy (non-hydrogen) atoms. The normalized spacial score (nSPS) is 12.6. The minimum absolute atomic E-state index is 0.200. The van der Waals surface area contributed by atoms with Crippen molar-refractivity contribution in [1.29, 1.82) is 0 Å². The first-order valence-corrected chi connectivity index (χ1v) is 11.7. The Labute approximate surface area is 160 Å². The van der Waals surface area contributed by atoms with Crippen molar-refractivity contribution in [2.75, 3.05) is 7.11 Å². The second-order valence-electron chi connectivity index (χ2n) is 8.01. The maximum atomic E-state index is 5.18. The fraction of sp³-hybridized carbons (Fsp3) is 0.958. The van der Waals surface area contributed by atoms with Crippen LogP contribution in [0.1, 0.15) is 135 Å². The summed E-state index contributed by atoms with van der Waals surface area (Å²) in [6.07, 6.45) is 28.7. The molecule has 0 aliphatic rings. The molecule has 0 aromatic carbocycles. The van der Waals surface area contributed by atoms with Crippen molar-refractivity contribution in [2.45, 2.75) is 141 Å². The van der Waals surface area contributed by atoms with Gasteiger partial charge < -0.3 is 4.74 Å². The van der Waals surface area contributed by atoms with Gasteiger partial charge in [-0.25, -0.2) is 0 Å². The molecule has 0 spiro atoms. The molecular formula is C24H49O. The average Bonchev–Trinajstić information content (AvgIpc) is 2.63. The molecule has 151 valence electrons. The molecule has 1 radical (unpaired) electrons. The Morgan fingerprint density at radius 1 is 0.520 bits per heavy atom. The van der Waals surface area contributed by atoms with Crippen LogP contribution in [-0.4, -0.2) is 13.2 Å². The van der Waals surface area contributed by atoms with Gasteiger partial charge in [0.15, 0.2) is 0 Å². The number of ether oxygens (including phenoxy) is 1. The number of hydrogen-bond acceptors (Lipinski definition) is 1. The zero-order valence-electron chi connectivity index (χ0n) is 17.8. The van der Waals surface area contributed by atoms with Crippen LogP contribution in [0.3, 0.4) is 0 Å². The van der Waals surface area contributed by atoms with Crippen molar-refractivity contribution >= 4 is 0 Å². The quantitative estimate of drug-likeness (QED) is 0.188. The van der Waals surface area contributed by atoms with E-state index in [1.54, 1.807) is 7.11 Å². The van der Waals surface area contributed by atoms with E-state index in [2.05, 4.69) is 13.8 Å². The summed E-state index contributed by atoms with van der Waals surface area (Å²) >= 11 is 0. The highest BCUT2D eigenvalue weighted by Gasteiger charge is 1.99. The van der Waals surface area contributed by atoms with Crippen molar-refractivity contribution in [1.82, 2.24) is 0 Å². The summed E-state index contributed by atoms with van der Waals surface area (Å²) in [5.74, 6) is 0. The Hall–Kier alpha value is -0.0400. The SMILES string of the molecule is [CH2]C(CCCCCCCCCCCCCCCCCCCCC)OC. The van der Waals surface area contributed by atoms with Crippen LogP contribution in [0, 0.1) is 6.92 Å². The number of hydrogen-bond donors (Lipinski definition) is 0. The van der Waals surface area contributed by atoms with Gasteiger partial charge in [0, 0.05) is 7.11 Å². The third-order valence-electron chi connectivity index (χ3n) is 5.46. The van der Waals surface area contributed by atoms with Gasteiger partial charge in [-0.05, 0) is 13.3 Å². The molecule has 0 saturated heterocycles. The van der Waals surface area contributed by atoms with Crippen LogP contribution in [0.4, 0.5) is 0 Å². The van der Waals surface area contributed by atoms with E-state index >= 15 is 0 Å². The van der Waals surface area contributed by atoms with Crippen LogP contribution in [0.5, 0.6) is 0 Å². The summed E-state index contributed by atoms with van der Waals surface area (Å²) in [7, 11) is 1.76. The molecule has 0 rings (SSSR count). The lowest BCUT2D eigenvalue weighted by atomic mass is 10.0. The van der Waals surface area contributed by atoms with E-state index in [1.807, 2.05) is 0 Å². The Bertz CT molecular complexity index is 226. The Morgan fingerprint density at radius 3 is 1.08 bits per heavy atom. The maximum absolute atomic E-state index is 5.18. The number of methoxy groups -OCH3 is 1. The van der Waals surface area contributed by atoms with Crippen molar-refractivity contribution in [3.05, 3.63) is 6.92 Å². The second kappa shape index (κ2) is 22.0. The second-order valence-corrected chi connectivity index (χ2v) is 8.01. The fourth-order valence-corrected chi connectivity index (χ4v) is 3.57. The van der Waals surface area contributed by atoms with Crippen LogP contribution in [0.2, 0.25) is 0 Å². The molecule has 0 bridgehead atoms. The van der Waals surface area contributed by atoms with Crippen molar-refractivity contribution in [3.63, 3.8) is 0 Å². The minimum atomic E-state index is 0.200. The van der Waals surface area contributed by atoms with E-state index in [9.17, 15) is 0 Å². The van der Waals surface area contributed by atoms with Gasteiger partial charge in [-0.15, -0.1) is 0 Å². The van der Waals surface area contributed by atoms with Crippen LogP contribution >= 0.6 is 0 Å². The molecular weight excluding hydrogens is 304 g/mol.